The Morgan fingerprint density at radius 1 is 1.27 bits per heavy atom. The highest BCUT2D eigenvalue weighted by Crippen LogP contribution is 2.37. The van der Waals surface area contributed by atoms with Crippen molar-refractivity contribution in [2.24, 2.45) is 16.1 Å². The van der Waals surface area contributed by atoms with Crippen LogP contribution in [0, 0.1) is 5.92 Å². The standard InChI is InChI=1S/C20H26N4O2/c1-24(2)11-10-19(25)21-15-7-5-6-14(12-15)13-18-16-8-3-4-9-17(16)20(26)23-22-18/h5-7,12,17H,3-4,8-11,13H2,1-2H3,(H,21,25). The van der Waals surface area contributed by atoms with Crippen molar-refractivity contribution in [1.82, 2.24) is 4.90 Å². The molecule has 1 N–H and O–H groups in total. The summed E-state index contributed by atoms with van der Waals surface area (Å²) in [4.78, 5) is 26.0. The molecule has 0 saturated heterocycles. The first-order chi connectivity index (χ1) is 12.5. The van der Waals surface area contributed by atoms with Gasteiger partial charge in [0.25, 0.3) is 5.91 Å². The van der Waals surface area contributed by atoms with Crippen LogP contribution >= 0.6 is 0 Å². The molecule has 0 radical (unpaired) electrons. The van der Waals surface area contributed by atoms with E-state index in [9.17, 15) is 9.59 Å². The van der Waals surface area contributed by atoms with Gasteiger partial charge in [-0.25, -0.2) is 0 Å². The van der Waals surface area contributed by atoms with E-state index in [1.807, 2.05) is 43.3 Å². The summed E-state index contributed by atoms with van der Waals surface area (Å²) in [5, 5.41) is 11.0. The molecule has 26 heavy (non-hydrogen) atoms. The first-order valence-electron chi connectivity index (χ1n) is 9.24. The number of azo groups is 1. The molecule has 1 aromatic carbocycles. The lowest BCUT2D eigenvalue weighted by molar-refractivity contribution is -0.122. The summed E-state index contributed by atoms with van der Waals surface area (Å²) >= 11 is 0. The summed E-state index contributed by atoms with van der Waals surface area (Å²) in [7, 11) is 3.90. The van der Waals surface area contributed by atoms with Gasteiger partial charge < -0.3 is 10.2 Å². The number of hydrogen-bond donors (Lipinski definition) is 1. The molecule has 1 aliphatic heterocycles. The highest BCUT2D eigenvalue weighted by atomic mass is 16.2. The minimum absolute atomic E-state index is 0.00757. The maximum atomic E-state index is 12.0. The fraction of sp³-hybridized carbons (Fsp3) is 0.500. The molecule has 6 nitrogen and oxygen atoms in total. The van der Waals surface area contributed by atoms with Crippen LogP contribution in [0.2, 0.25) is 0 Å². The van der Waals surface area contributed by atoms with Gasteiger partial charge in [0.1, 0.15) is 0 Å². The van der Waals surface area contributed by atoms with Crippen LogP contribution in [0.15, 0.2) is 45.8 Å². The quantitative estimate of drug-likeness (QED) is 0.849. The van der Waals surface area contributed by atoms with Gasteiger partial charge in [-0.2, -0.15) is 5.11 Å². The van der Waals surface area contributed by atoms with Gasteiger partial charge in [0.05, 0.1) is 11.6 Å². The van der Waals surface area contributed by atoms with Gasteiger partial charge in [-0.15, -0.1) is 5.11 Å². The van der Waals surface area contributed by atoms with E-state index in [1.165, 1.54) is 0 Å². The molecule has 6 heteroatoms. The normalized spacial score (nSPS) is 19.7. The van der Waals surface area contributed by atoms with E-state index >= 15 is 0 Å². The average molecular weight is 354 g/mol. The third-order valence-corrected chi connectivity index (χ3v) is 4.92. The van der Waals surface area contributed by atoms with E-state index in [1.54, 1.807) is 0 Å². The van der Waals surface area contributed by atoms with Crippen molar-refractivity contribution in [3.63, 3.8) is 0 Å². The molecular weight excluding hydrogens is 328 g/mol. The Hall–Kier alpha value is -2.34. The average Bonchev–Trinajstić information content (AvgIpc) is 2.63. The van der Waals surface area contributed by atoms with Crippen LogP contribution in [0.4, 0.5) is 5.69 Å². The number of carbonyl (C=O) groups excluding carboxylic acids is 2. The van der Waals surface area contributed by atoms with Crippen molar-refractivity contribution >= 4 is 17.5 Å². The van der Waals surface area contributed by atoms with Gasteiger partial charge >= 0.3 is 0 Å². The Kier molecular flexibility index (Phi) is 5.93. The summed E-state index contributed by atoms with van der Waals surface area (Å²) in [5.74, 6) is -0.149. The zero-order valence-corrected chi connectivity index (χ0v) is 15.5. The predicted molar refractivity (Wildman–Crippen MR) is 101 cm³/mol. The van der Waals surface area contributed by atoms with Crippen molar-refractivity contribution in [1.29, 1.82) is 0 Å². The summed E-state index contributed by atoms with van der Waals surface area (Å²) < 4.78 is 0. The van der Waals surface area contributed by atoms with Crippen LogP contribution in [-0.4, -0.2) is 37.4 Å². The number of anilines is 1. The first-order valence-corrected chi connectivity index (χ1v) is 9.24. The number of allylic oxidation sites excluding steroid dienone is 1. The number of nitrogens with zero attached hydrogens (tertiary/aromatic N) is 3. The molecule has 0 aromatic heterocycles. The van der Waals surface area contributed by atoms with Crippen molar-refractivity contribution in [3.05, 3.63) is 41.1 Å². The molecule has 1 aromatic rings. The van der Waals surface area contributed by atoms with Gasteiger partial charge in [0, 0.05) is 25.1 Å². The van der Waals surface area contributed by atoms with Gasteiger partial charge in [0.15, 0.2) is 0 Å². The van der Waals surface area contributed by atoms with Crippen molar-refractivity contribution in [3.8, 4) is 0 Å². The second kappa shape index (κ2) is 8.36. The lowest BCUT2D eigenvalue weighted by Crippen LogP contribution is -2.23. The number of carbonyl (C=O) groups is 2. The second-order valence-corrected chi connectivity index (χ2v) is 7.29. The third kappa shape index (κ3) is 4.64. The Morgan fingerprint density at radius 3 is 2.92 bits per heavy atom. The highest BCUT2D eigenvalue weighted by Gasteiger charge is 2.31. The molecule has 138 valence electrons. The number of fused-ring (bicyclic) bond motifs is 1. The summed E-state index contributed by atoms with van der Waals surface area (Å²) in [6, 6.07) is 7.83. The molecule has 1 fully saturated rings. The molecular formula is C20H26N4O2. The lowest BCUT2D eigenvalue weighted by atomic mass is 9.81. The molecule has 2 amide bonds. The van der Waals surface area contributed by atoms with Crippen LogP contribution in [0.3, 0.4) is 0 Å². The van der Waals surface area contributed by atoms with Crippen LogP contribution in [0.1, 0.15) is 37.7 Å². The van der Waals surface area contributed by atoms with Gasteiger partial charge in [-0.1, -0.05) is 18.6 Å². The fourth-order valence-electron chi connectivity index (χ4n) is 3.52. The molecule has 0 spiro atoms. The maximum absolute atomic E-state index is 12.0. The third-order valence-electron chi connectivity index (χ3n) is 4.92. The monoisotopic (exact) mass is 354 g/mol. The van der Waals surface area contributed by atoms with E-state index in [0.29, 0.717) is 12.8 Å². The number of benzene rings is 1. The molecule has 2 aliphatic rings. The Labute approximate surface area is 154 Å². The molecule has 1 heterocycles. The maximum Gasteiger partial charge on any atom is 0.271 e. The van der Waals surface area contributed by atoms with Crippen LogP contribution in [-0.2, 0) is 16.0 Å². The molecule has 3 rings (SSSR count). The van der Waals surface area contributed by atoms with E-state index in [4.69, 9.17) is 0 Å². The molecule has 1 atom stereocenters. The SMILES string of the molecule is CN(C)CCC(=O)Nc1cccc(CC2=C3CCCCC3C(=O)N=N2)c1. The molecule has 0 bridgehead atoms. The van der Waals surface area contributed by atoms with Crippen molar-refractivity contribution in [2.75, 3.05) is 26.0 Å². The minimum atomic E-state index is -0.0923. The minimum Gasteiger partial charge on any atom is -0.326 e. The zero-order chi connectivity index (χ0) is 18.5. The zero-order valence-electron chi connectivity index (χ0n) is 15.5. The van der Waals surface area contributed by atoms with Gasteiger partial charge in [-0.3, -0.25) is 9.59 Å². The smallest absolute Gasteiger partial charge is 0.271 e. The largest absolute Gasteiger partial charge is 0.326 e. The van der Waals surface area contributed by atoms with Crippen molar-refractivity contribution < 1.29 is 9.59 Å². The summed E-state index contributed by atoms with van der Waals surface area (Å²) in [6.45, 7) is 0.720. The van der Waals surface area contributed by atoms with E-state index < -0.39 is 0 Å². The molecule has 1 aliphatic carbocycles. The number of hydrogen-bond acceptors (Lipinski definition) is 4. The van der Waals surface area contributed by atoms with Crippen LogP contribution in [0.25, 0.3) is 0 Å². The van der Waals surface area contributed by atoms with Crippen LogP contribution < -0.4 is 5.32 Å². The second-order valence-electron chi connectivity index (χ2n) is 7.29. The van der Waals surface area contributed by atoms with E-state index in [0.717, 1.165) is 54.7 Å². The first kappa shape index (κ1) is 18.5. The fourth-order valence-corrected chi connectivity index (χ4v) is 3.52. The number of nitrogens with one attached hydrogen (secondary N) is 1. The lowest BCUT2D eigenvalue weighted by Gasteiger charge is -2.26. The topological polar surface area (TPSA) is 74.1 Å². The Morgan fingerprint density at radius 2 is 2.12 bits per heavy atom. The Bertz CT molecular complexity index is 752. The van der Waals surface area contributed by atoms with Gasteiger partial charge in [0.2, 0.25) is 5.91 Å². The van der Waals surface area contributed by atoms with E-state index in [-0.39, 0.29) is 17.7 Å². The Balaban J connectivity index is 1.69. The van der Waals surface area contributed by atoms with E-state index in [2.05, 4.69) is 15.5 Å². The highest BCUT2D eigenvalue weighted by molar-refractivity contribution is 5.90. The van der Waals surface area contributed by atoms with Crippen LogP contribution in [0.5, 0.6) is 0 Å². The predicted octanol–water partition coefficient (Wildman–Crippen LogP) is 3.56. The van der Waals surface area contributed by atoms with Gasteiger partial charge in [-0.05, 0) is 56.6 Å². The van der Waals surface area contributed by atoms with Crippen molar-refractivity contribution in [2.45, 2.75) is 38.5 Å². The summed E-state index contributed by atoms with van der Waals surface area (Å²) in [5.41, 5.74) is 3.94. The number of rotatable bonds is 6. The molecule has 1 unspecified atom stereocenters. The number of amides is 2. The summed E-state index contributed by atoms with van der Waals surface area (Å²) in [6.07, 6.45) is 5.12. The molecule has 1 saturated carbocycles.